The number of piperidine rings is 1. The fraction of sp³-hybridized carbons (Fsp3) is 0.556. The third-order valence-corrected chi connectivity index (χ3v) is 5.43. The number of rotatable bonds is 5. The molecule has 1 saturated carbocycles. The largest absolute Gasteiger partial charge is 0.497 e. The average Bonchev–Trinajstić information content (AvgIpc) is 3.29. The van der Waals surface area contributed by atoms with E-state index in [0.29, 0.717) is 24.6 Å². The smallest absolute Gasteiger partial charge is 0.307 e. The van der Waals surface area contributed by atoms with E-state index in [0.717, 1.165) is 24.8 Å². The van der Waals surface area contributed by atoms with Gasteiger partial charge in [0.25, 0.3) is 0 Å². The predicted molar refractivity (Wildman–Crippen MR) is 87.2 cm³/mol. The zero-order valence-corrected chi connectivity index (χ0v) is 14.1. The Morgan fingerprint density at radius 2 is 1.96 bits per heavy atom. The molecule has 1 unspecified atom stereocenters. The highest BCUT2D eigenvalue weighted by Crippen LogP contribution is 2.59. The minimum absolute atomic E-state index is 0.0453. The minimum atomic E-state index is -0.698. The fourth-order valence-electron chi connectivity index (χ4n) is 3.75. The van der Waals surface area contributed by atoms with Crippen LogP contribution in [-0.2, 0) is 16.0 Å². The van der Waals surface area contributed by atoms with Gasteiger partial charge in [-0.15, -0.1) is 0 Å². The molecule has 1 aromatic carbocycles. The Morgan fingerprint density at radius 3 is 2.50 bits per heavy atom. The molecule has 1 aliphatic carbocycles. The lowest BCUT2D eigenvalue weighted by Crippen LogP contribution is -2.40. The van der Waals surface area contributed by atoms with Crippen molar-refractivity contribution < 1.29 is 24.2 Å². The summed E-state index contributed by atoms with van der Waals surface area (Å²) in [6.07, 6.45) is 2.58. The summed E-state index contributed by atoms with van der Waals surface area (Å²) in [6.45, 7) is 1.27. The summed E-state index contributed by atoms with van der Waals surface area (Å²) in [5.41, 5.74) is 0.743. The van der Waals surface area contributed by atoms with Crippen LogP contribution in [0.15, 0.2) is 18.2 Å². The van der Waals surface area contributed by atoms with Crippen LogP contribution in [0.1, 0.15) is 24.8 Å². The highest BCUT2D eigenvalue weighted by Gasteiger charge is 2.59. The summed E-state index contributed by atoms with van der Waals surface area (Å²) >= 11 is 0. The van der Waals surface area contributed by atoms with Crippen LogP contribution >= 0.6 is 0 Å². The van der Waals surface area contributed by atoms with Crippen molar-refractivity contribution in [1.82, 2.24) is 4.90 Å². The van der Waals surface area contributed by atoms with Crippen LogP contribution in [0.5, 0.6) is 11.5 Å². The molecule has 1 amide bonds. The van der Waals surface area contributed by atoms with E-state index in [-0.39, 0.29) is 23.7 Å². The first-order valence-electron chi connectivity index (χ1n) is 8.20. The van der Waals surface area contributed by atoms with Gasteiger partial charge in [-0.05, 0) is 42.9 Å². The van der Waals surface area contributed by atoms with Crippen molar-refractivity contribution in [1.29, 1.82) is 0 Å². The molecule has 2 fully saturated rings. The number of carboxylic acid groups (broad SMARTS) is 1. The Bertz CT molecular complexity index is 649. The summed E-state index contributed by atoms with van der Waals surface area (Å²) < 4.78 is 10.5. The van der Waals surface area contributed by atoms with E-state index in [1.54, 1.807) is 26.4 Å². The monoisotopic (exact) mass is 333 g/mol. The van der Waals surface area contributed by atoms with Gasteiger partial charge in [0.1, 0.15) is 11.5 Å². The Morgan fingerprint density at radius 1 is 1.25 bits per heavy atom. The van der Waals surface area contributed by atoms with Gasteiger partial charge < -0.3 is 19.5 Å². The summed E-state index contributed by atoms with van der Waals surface area (Å²) in [5.74, 6) is 0.497. The van der Waals surface area contributed by atoms with Crippen LogP contribution in [-0.4, -0.2) is 49.2 Å². The van der Waals surface area contributed by atoms with E-state index in [2.05, 4.69) is 0 Å². The molecule has 1 N–H and O–H groups in total. The van der Waals surface area contributed by atoms with Gasteiger partial charge in [0.2, 0.25) is 5.91 Å². The van der Waals surface area contributed by atoms with Gasteiger partial charge in [0.15, 0.2) is 0 Å². The quantitative estimate of drug-likeness (QED) is 0.891. The van der Waals surface area contributed by atoms with Crippen molar-refractivity contribution in [2.75, 3.05) is 27.3 Å². The topological polar surface area (TPSA) is 76.1 Å². The third kappa shape index (κ3) is 3.05. The van der Waals surface area contributed by atoms with E-state index in [9.17, 15) is 9.59 Å². The number of amides is 1. The van der Waals surface area contributed by atoms with Crippen LogP contribution in [0.4, 0.5) is 0 Å². The Kier molecular flexibility index (Phi) is 4.39. The molecule has 0 bridgehead atoms. The standard InChI is InChI=1S/C18H23NO5/c1-23-13-3-4-15(24-2)12(9-13)10-16(20)19-7-5-18(6-8-19)11-14(18)17(21)22/h3-4,9,14H,5-8,10-11H2,1-2H3,(H,21,22). The molecule has 6 nitrogen and oxygen atoms in total. The van der Waals surface area contributed by atoms with Gasteiger partial charge in [-0.25, -0.2) is 0 Å². The highest BCUT2D eigenvalue weighted by molar-refractivity contribution is 5.80. The number of nitrogens with zero attached hydrogens (tertiary/aromatic N) is 1. The lowest BCUT2D eigenvalue weighted by Gasteiger charge is -2.32. The molecule has 1 heterocycles. The zero-order valence-electron chi connectivity index (χ0n) is 14.1. The number of methoxy groups -OCH3 is 2. The number of benzene rings is 1. The molecule has 1 aromatic rings. The molecule has 1 spiro atoms. The first-order chi connectivity index (χ1) is 11.5. The SMILES string of the molecule is COc1ccc(OC)c(CC(=O)N2CCC3(CC2)CC3C(=O)O)c1. The molecule has 1 saturated heterocycles. The second kappa shape index (κ2) is 6.34. The molecule has 0 radical (unpaired) electrons. The van der Waals surface area contributed by atoms with Gasteiger partial charge in [-0.2, -0.15) is 0 Å². The number of hydrogen-bond donors (Lipinski definition) is 1. The van der Waals surface area contributed by atoms with Crippen molar-refractivity contribution in [2.45, 2.75) is 25.7 Å². The summed E-state index contributed by atoms with van der Waals surface area (Å²) in [6, 6.07) is 5.43. The van der Waals surface area contributed by atoms with Crippen molar-refractivity contribution in [3.05, 3.63) is 23.8 Å². The molecule has 130 valence electrons. The molecular formula is C18H23NO5. The molecule has 1 aliphatic heterocycles. The van der Waals surface area contributed by atoms with E-state index in [1.807, 2.05) is 11.0 Å². The average molecular weight is 333 g/mol. The van der Waals surface area contributed by atoms with Crippen molar-refractivity contribution in [2.24, 2.45) is 11.3 Å². The maximum absolute atomic E-state index is 12.6. The van der Waals surface area contributed by atoms with E-state index in [1.165, 1.54) is 0 Å². The maximum atomic E-state index is 12.6. The number of carboxylic acids is 1. The van der Waals surface area contributed by atoms with Crippen LogP contribution < -0.4 is 9.47 Å². The number of hydrogen-bond acceptors (Lipinski definition) is 4. The van der Waals surface area contributed by atoms with Gasteiger partial charge in [-0.3, -0.25) is 9.59 Å². The van der Waals surface area contributed by atoms with Crippen molar-refractivity contribution in [3.63, 3.8) is 0 Å². The lowest BCUT2D eigenvalue weighted by atomic mass is 9.90. The van der Waals surface area contributed by atoms with Gasteiger partial charge in [0.05, 0.1) is 26.6 Å². The fourth-order valence-corrected chi connectivity index (χ4v) is 3.75. The molecule has 0 aromatic heterocycles. The molecule has 24 heavy (non-hydrogen) atoms. The molecule has 1 atom stereocenters. The first-order valence-corrected chi connectivity index (χ1v) is 8.20. The summed E-state index contributed by atoms with van der Waals surface area (Å²) in [7, 11) is 3.17. The zero-order chi connectivity index (χ0) is 17.3. The number of ether oxygens (including phenoxy) is 2. The van der Waals surface area contributed by atoms with Crippen LogP contribution in [0, 0.1) is 11.3 Å². The molecule has 3 rings (SSSR count). The second-order valence-corrected chi connectivity index (χ2v) is 6.69. The van der Waals surface area contributed by atoms with Crippen LogP contribution in [0.3, 0.4) is 0 Å². The van der Waals surface area contributed by atoms with Crippen molar-refractivity contribution >= 4 is 11.9 Å². The Balaban J connectivity index is 1.62. The normalized spacial score (nSPS) is 21.4. The number of aliphatic carboxylic acids is 1. The lowest BCUT2D eigenvalue weighted by molar-refractivity contribution is -0.139. The Hall–Kier alpha value is -2.24. The van der Waals surface area contributed by atoms with Gasteiger partial charge >= 0.3 is 5.97 Å². The van der Waals surface area contributed by atoms with Crippen LogP contribution in [0.25, 0.3) is 0 Å². The van der Waals surface area contributed by atoms with E-state index >= 15 is 0 Å². The number of carbonyl (C=O) groups excluding carboxylic acids is 1. The number of likely N-dealkylation sites (tertiary alicyclic amines) is 1. The van der Waals surface area contributed by atoms with E-state index in [4.69, 9.17) is 14.6 Å². The first kappa shape index (κ1) is 16.6. The van der Waals surface area contributed by atoms with E-state index < -0.39 is 5.97 Å². The Labute approximate surface area is 141 Å². The predicted octanol–water partition coefficient (Wildman–Crippen LogP) is 1.96. The molecular weight excluding hydrogens is 310 g/mol. The molecule has 2 aliphatic rings. The second-order valence-electron chi connectivity index (χ2n) is 6.69. The summed E-state index contributed by atoms with van der Waals surface area (Å²) in [4.78, 5) is 25.5. The van der Waals surface area contributed by atoms with Crippen LogP contribution in [0.2, 0.25) is 0 Å². The molecule has 6 heteroatoms. The maximum Gasteiger partial charge on any atom is 0.307 e. The summed E-state index contributed by atoms with van der Waals surface area (Å²) in [5, 5.41) is 9.14. The highest BCUT2D eigenvalue weighted by atomic mass is 16.5. The minimum Gasteiger partial charge on any atom is -0.497 e. The van der Waals surface area contributed by atoms with Gasteiger partial charge in [-0.1, -0.05) is 0 Å². The number of carbonyl (C=O) groups is 2. The third-order valence-electron chi connectivity index (χ3n) is 5.43. The van der Waals surface area contributed by atoms with Gasteiger partial charge in [0, 0.05) is 18.7 Å². The van der Waals surface area contributed by atoms with Crippen molar-refractivity contribution in [3.8, 4) is 11.5 Å².